The van der Waals surface area contributed by atoms with Gasteiger partial charge < -0.3 is 10.1 Å². The van der Waals surface area contributed by atoms with E-state index in [4.69, 9.17) is 16.3 Å². The van der Waals surface area contributed by atoms with Gasteiger partial charge in [-0.15, -0.1) is 0 Å². The van der Waals surface area contributed by atoms with Crippen molar-refractivity contribution in [3.63, 3.8) is 0 Å². The molecule has 1 atom stereocenters. The minimum absolute atomic E-state index is 0.0754. The van der Waals surface area contributed by atoms with E-state index in [0.29, 0.717) is 37.6 Å². The highest BCUT2D eigenvalue weighted by Gasteiger charge is 2.39. The number of hydrogen-bond acceptors (Lipinski definition) is 4. The van der Waals surface area contributed by atoms with E-state index in [1.54, 1.807) is 0 Å². The number of amides is 1. The van der Waals surface area contributed by atoms with E-state index in [0.717, 1.165) is 5.75 Å². The Labute approximate surface area is 189 Å². The fraction of sp³-hybridized carbons (Fsp3) is 0.435. The van der Waals surface area contributed by atoms with Crippen LogP contribution in [0.15, 0.2) is 53.4 Å². The van der Waals surface area contributed by atoms with Crippen molar-refractivity contribution in [3.05, 3.63) is 59.1 Å². The Balaban J connectivity index is 1.53. The van der Waals surface area contributed by atoms with Crippen LogP contribution in [0, 0.1) is 0 Å². The molecule has 2 aromatic rings. The summed E-state index contributed by atoms with van der Waals surface area (Å²) in [6, 6.07) is 13.2. The number of carbonyl (C=O) groups is 1. The molecule has 0 saturated carbocycles. The Hall–Kier alpha value is -2.09. The lowest BCUT2D eigenvalue weighted by Crippen LogP contribution is -2.46. The second-order valence-electron chi connectivity index (χ2n) is 8.64. The Bertz CT molecular complexity index is 999. The Morgan fingerprint density at radius 1 is 1.13 bits per heavy atom. The van der Waals surface area contributed by atoms with Crippen LogP contribution < -0.4 is 10.1 Å². The van der Waals surface area contributed by atoms with Gasteiger partial charge in [0.1, 0.15) is 18.4 Å². The Morgan fingerprint density at radius 3 is 2.39 bits per heavy atom. The second kappa shape index (κ2) is 9.59. The molecule has 3 rings (SSSR count). The summed E-state index contributed by atoms with van der Waals surface area (Å²) in [5.74, 6) is 0.428. The van der Waals surface area contributed by atoms with Gasteiger partial charge >= 0.3 is 0 Å². The monoisotopic (exact) mass is 464 g/mol. The topological polar surface area (TPSA) is 75.7 Å². The Morgan fingerprint density at radius 2 is 1.77 bits per heavy atom. The summed E-state index contributed by atoms with van der Waals surface area (Å²) >= 11 is 5.86. The van der Waals surface area contributed by atoms with Crippen LogP contribution in [0.5, 0.6) is 5.75 Å². The van der Waals surface area contributed by atoms with E-state index in [2.05, 4.69) is 26.1 Å². The molecule has 1 aliphatic rings. The third-order valence-electron chi connectivity index (χ3n) is 5.32. The Kier molecular flexibility index (Phi) is 7.29. The third-order valence-corrected chi connectivity index (χ3v) is 7.49. The van der Waals surface area contributed by atoms with Gasteiger partial charge in [0.2, 0.25) is 15.9 Å². The zero-order chi connectivity index (χ0) is 22.6. The average molecular weight is 465 g/mol. The van der Waals surface area contributed by atoms with Gasteiger partial charge in [-0.2, -0.15) is 4.31 Å². The van der Waals surface area contributed by atoms with Gasteiger partial charge in [0.15, 0.2) is 0 Å². The summed E-state index contributed by atoms with van der Waals surface area (Å²) in [5.41, 5.74) is 1.29. The van der Waals surface area contributed by atoms with Crippen molar-refractivity contribution < 1.29 is 17.9 Å². The molecule has 2 aromatic carbocycles. The first-order valence-corrected chi connectivity index (χ1v) is 12.2. The van der Waals surface area contributed by atoms with Crippen molar-refractivity contribution in [2.24, 2.45) is 0 Å². The van der Waals surface area contributed by atoms with E-state index in [9.17, 15) is 13.2 Å². The molecule has 168 valence electrons. The maximum atomic E-state index is 13.0. The summed E-state index contributed by atoms with van der Waals surface area (Å²) in [6.45, 7) is 7.37. The summed E-state index contributed by atoms with van der Waals surface area (Å²) in [6.07, 6.45) is 1.13. The summed E-state index contributed by atoms with van der Waals surface area (Å²) in [5, 5.41) is 3.26. The molecule has 0 spiro atoms. The standard InChI is InChI=1S/C23H29ClN2O4S/c1-23(2,3)17-6-10-19(11-7-17)30-16-14-25-22(27)21-5-4-15-26(21)31(28,29)20-12-8-18(24)9-13-20/h6-13,21H,4-5,14-16H2,1-3H3,(H,25,27)/t21-/m0/s1. The van der Waals surface area contributed by atoms with Gasteiger partial charge in [-0.25, -0.2) is 8.42 Å². The number of carbonyl (C=O) groups excluding carboxylic acids is 1. The van der Waals surface area contributed by atoms with Gasteiger partial charge in [-0.3, -0.25) is 4.79 Å². The van der Waals surface area contributed by atoms with Crippen molar-refractivity contribution in [1.29, 1.82) is 0 Å². The minimum Gasteiger partial charge on any atom is -0.492 e. The molecular formula is C23H29ClN2O4S. The molecule has 31 heavy (non-hydrogen) atoms. The number of ether oxygens (including phenoxy) is 1. The molecule has 0 unspecified atom stereocenters. The lowest BCUT2D eigenvalue weighted by atomic mass is 9.87. The van der Waals surface area contributed by atoms with Gasteiger partial charge in [-0.1, -0.05) is 44.5 Å². The van der Waals surface area contributed by atoms with E-state index in [-0.39, 0.29) is 16.2 Å². The molecule has 0 bridgehead atoms. The lowest BCUT2D eigenvalue weighted by Gasteiger charge is -2.23. The number of nitrogens with zero attached hydrogens (tertiary/aromatic N) is 1. The van der Waals surface area contributed by atoms with Crippen LogP contribution in [-0.2, 0) is 20.2 Å². The number of halogens is 1. The second-order valence-corrected chi connectivity index (χ2v) is 11.0. The number of hydrogen-bond donors (Lipinski definition) is 1. The number of sulfonamides is 1. The van der Waals surface area contributed by atoms with E-state index >= 15 is 0 Å². The predicted molar refractivity (Wildman–Crippen MR) is 122 cm³/mol. The predicted octanol–water partition coefficient (Wildman–Crippen LogP) is 3.99. The zero-order valence-electron chi connectivity index (χ0n) is 18.1. The van der Waals surface area contributed by atoms with Crippen LogP contribution in [0.25, 0.3) is 0 Å². The summed E-state index contributed by atoms with van der Waals surface area (Å²) in [4.78, 5) is 12.8. The molecule has 1 saturated heterocycles. The molecule has 1 N–H and O–H groups in total. The summed E-state index contributed by atoms with van der Waals surface area (Å²) in [7, 11) is -3.76. The average Bonchev–Trinajstić information content (AvgIpc) is 3.22. The van der Waals surface area contributed by atoms with Crippen LogP contribution in [0.1, 0.15) is 39.2 Å². The van der Waals surface area contributed by atoms with E-state index in [1.165, 1.54) is 34.1 Å². The highest BCUT2D eigenvalue weighted by Crippen LogP contribution is 2.27. The molecule has 1 aliphatic heterocycles. The van der Waals surface area contributed by atoms with E-state index in [1.807, 2.05) is 24.3 Å². The molecule has 8 heteroatoms. The number of benzene rings is 2. The first-order valence-electron chi connectivity index (χ1n) is 10.4. The summed E-state index contributed by atoms with van der Waals surface area (Å²) < 4.78 is 32.9. The first kappa shape index (κ1) is 23.6. The molecular weight excluding hydrogens is 436 g/mol. The van der Waals surface area contributed by atoms with Crippen molar-refractivity contribution >= 4 is 27.5 Å². The fourth-order valence-electron chi connectivity index (χ4n) is 3.54. The molecule has 1 heterocycles. The maximum Gasteiger partial charge on any atom is 0.243 e. The smallest absolute Gasteiger partial charge is 0.243 e. The largest absolute Gasteiger partial charge is 0.492 e. The molecule has 1 amide bonds. The van der Waals surface area contributed by atoms with Crippen LogP contribution in [-0.4, -0.2) is 44.4 Å². The van der Waals surface area contributed by atoms with Crippen molar-refractivity contribution in [2.45, 2.75) is 50.0 Å². The van der Waals surface area contributed by atoms with Crippen LogP contribution in [0.4, 0.5) is 0 Å². The van der Waals surface area contributed by atoms with Crippen LogP contribution in [0.3, 0.4) is 0 Å². The normalized spacial score (nSPS) is 17.5. The SMILES string of the molecule is CC(C)(C)c1ccc(OCCNC(=O)[C@@H]2CCCN2S(=O)(=O)c2ccc(Cl)cc2)cc1. The fourth-order valence-corrected chi connectivity index (χ4v) is 5.33. The van der Waals surface area contributed by atoms with Gasteiger partial charge in [-0.05, 0) is 60.2 Å². The highest BCUT2D eigenvalue weighted by atomic mass is 35.5. The lowest BCUT2D eigenvalue weighted by molar-refractivity contribution is -0.124. The van der Waals surface area contributed by atoms with Crippen molar-refractivity contribution in [2.75, 3.05) is 19.7 Å². The molecule has 0 aromatic heterocycles. The molecule has 6 nitrogen and oxygen atoms in total. The van der Waals surface area contributed by atoms with Crippen LogP contribution >= 0.6 is 11.6 Å². The molecule has 0 aliphatic carbocycles. The van der Waals surface area contributed by atoms with Gasteiger partial charge in [0, 0.05) is 11.6 Å². The van der Waals surface area contributed by atoms with Crippen molar-refractivity contribution in [1.82, 2.24) is 9.62 Å². The zero-order valence-corrected chi connectivity index (χ0v) is 19.7. The minimum atomic E-state index is -3.76. The maximum absolute atomic E-state index is 13.0. The van der Waals surface area contributed by atoms with Crippen LogP contribution in [0.2, 0.25) is 5.02 Å². The third kappa shape index (κ3) is 5.79. The van der Waals surface area contributed by atoms with E-state index < -0.39 is 16.1 Å². The highest BCUT2D eigenvalue weighted by molar-refractivity contribution is 7.89. The number of rotatable bonds is 7. The number of nitrogens with one attached hydrogen (secondary N) is 1. The first-order chi connectivity index (χ1) is 14.6. The van der Waals surface area contributed by atoms with Crippen molar-refractivity contribution in [3.8, 4) is 5.75 Å². The van der Waals surface area contributed by atoms with Gasteiger partial charge in [0.25, 0.3) is 0 Å². The quantitative estimate of drug-likeness (QED) is 0.629. The van der Waals surface area contributed by atoms with Gasteiger partial charge in [0.05, 0.1) is 11.4 Å². The molecule has 0 radical (unpaired) electrons. The molecule has 1 fully saturated rings.